The summed E-state index contributed by atoms with van der Waals surface area (Å²) in [6.07, 6.45) is 0.923. The lowest BCUT2D eigenvalue weighted by Crippen LogP contribution is -2.30. The standard InChI is InChI=1S/C12H12N4O6S/c1-22-11(17)8-6-15-16(9-4-2-3-5-13-9)10(8)23(20,21)7-14-12(18)19/h2-6,14H,7H2,1H3,(H,18,19). The molecule has 0 saturated carbocycles. The summed E-state index contributed by atoms with van der Waals surface area (Å²) in [5.74, 6) is -1.69. The number of esters is 1. The van der Waals surface area contributed by atoms with Crippen LogP contribution in [0.3, 0.4) is 0 Å². The first-order valence-corrected chi connectivity index (χ1v) is 7.79. The van der Waals surface area contributed by atoms with Gasteiger partial charge >= 0.3 is 12.1 Å². The number of pyridine rings is 1. The molecule has 0 bridgehead atoms. The van der Waals surface area contributed by atoms with Crippen molar-refractivity contribution in [2.24, 2.45) is 0 Å². The van der Waals surface area contributed by atoms with Gasteiger partial charge < -0.3 is 15.2 Å². The van der Waals surface area contributed by atoms with Gasteiger partial charge in [-0.25, -0.2) is 27.7 Å². The Labute approximate surface area is 130 Å². The first kappa shape index (κ1) is 16.4. The highest BCUT2D eigenvalue weighted by Gasteiger charge is 2.30. The lowest BCUT2D eigenvalue weighted by atomic mass is 10.4. The Morgan fingerprint density at radius 1 is 1.39 bits per heavy atom. The highest BCUT2D eigenvalue weighted by atomic mass is 32.2. The molecular formula is C12H12N4O6S. The molecule has 2 rings (SSSR count). The molecule has 2 aromatic heterocycles. The molecule has 0 aromatic carbocycles. The SMILES string of the molecule is COC(=O)c1cnn(-c2ccccn2)c1S(=O)(=O)CNC(=O)O. The van der Waals surface area contributed by atoms with Gasteiger partial charge in [0.15, 0.2) is 10.8 Å². The van der Waals surface area contributed by atoms with E-state index >= 15 is 0 Å². The van der Waals surface area contributed by atoms with Crippen LogP contribution in [0.4, 0.5) is 4.79 Å². The summed E-state index contributed by atoms with van der Waals surface area (Å²) < 4.78 is 30.3. The van der Waals surface area contributed by atoms with Gasteiger partial charge in [0.25, 0.3) is 0 Å². The quantitative estimate of drug-likeness (QED) is 0.728. The fourth-order valence-electron chi connectivity index (χ4n) is 1.75. The van der Waals surface area contributed by atoms with Crippen molar-refractivity contribution < 1.29 is 27.9 Å². The zero-order valence-corrected chi connectivity index (χ0v) is 12.6. The van der Waals surface area contributed by atoms with Gasteiger partial charge in [0.05, 0.1) is 13.3 Å². The van der Waals surface area contributed by atoms with Crippen molar-refractivity contribution in [1.29, 1.82) is 0 Å². The van der Waals surface area contributed by atoms with E-state index in [9.17, 15) is 18.0 Å². The Bertz CT molecular complexity index is 830. The van der Waals surface area contributed by atoms with Crippen LogP contribution in [-0.2, 0) is 14.6 Å². The number of nitrogens with one attached hydrogen (secondary N) is 1. The Kier molecular flexibility index (Phi) is 4.60. The van der Waals surface area contributed by atoms with E-state index in [-0.39, 0.29) is 11.4 Å². The molecule has 0 spiro atoms. The van der Waals surface area contributed by atoms with Crippen molar-refractivity contribution in [3.05, 3.63) is 36.2 Å². The van der Waals surface area contributed by atoms with E-state index in [0.717, 1.165) is 18.0 Å². The average molecular weight is 340 g/mol. The summed E-state index contributed by atoms with van der Waals surface area (Å²) in [5, 5.41) is 13.7. The van der Waals surface area contributed by atoms with Crippen molar-refractivity contribution in [2.45, 2.75) is 5.03 Å². The van der Waals surface area contributed by atoms with E-state index in [4.69, 9.17) is 5.11 Å². The smallest absolute Gasteiger partial charge is 0.405 e. The molecule has 0 unspecified atom stereocenters. The number of amides is 1. The van der Waals surface area contributed by atoms with Crippen LogP contribution < -0.4 is 5.32 Å². The lowest BCUT2D eigenvalue weighted by Gasteiger charge is -2.09. The predicted molar refractivity (Wildman–Crippen MR) is 75.9 cm³/mol. The van der Waals surface area contributed by atoms with E-state index in [1.54, 1.807) is 17.4 Å². The minimum atomic E-state index is -4.21. The highest BCUT2D eigenvalue weighted by Crippen LogP contribution is 2.20. The Balaban J connectivity index is 2.60. The minimum absolute atomic E-state index is 0.150. The predicted octanol–water partition coefficient (Wildman–Crippen LogP) is 0.0527. The van der Waals surface area contributed by atoms with Crippen LogP contribution in [0.2, 0.25) is 0 Å². The van der Waals surface area contributed by atoms with Gasteiger partial charge in [0.2, 0.25) is 9.84 Å². The van der Waals surface area contributed by atoms with Crippen LogP contribution in [0.5, 0.6) is 0 Å². The number of hydrogen-bond acceptors (Lipinski definition) is 7. The number of sulfone groups is 1. The van der Waals surface area contributed by atoms with Gasteiger partial charge in [0.1, 0.15) is 11.4 Å². The maximum Gasteiger partial charge on any atom is 0.405 e. The zero-order valence-electron chi connectivity index (χ0n) is 11.8. The lowest BCUT2D eigenvalue weighted by molar-refractivity contribution is 0.0596. The van der Waals surface area contributed by atoms with Crippen LogP contribution in [-0.4, -0.2) is 53.3 Å². The first-order chi connectivity index (χ1) is 10.9. The fourth-order valence-corrected chi connectivity index (χ4v) is 3.08. The number of carbonyl (C=O) groups is 2. The first-order valence-electron chi connectivity index (χ1n) is 6.14. The normalized spacial score (nSPS) is 11.0. The van der Waals surface area contributed by atoms with E-state index in [1.165, 1.54) is 12.3 Å². The number of hydrogen-bond donors (Lipinski definition) is 2. The molecule has 0 atom stereocenters. The molecular weight excluding hydrogens is 328 g/mol. The van der Waals surface area contributed by atoms with Gasteiger partial charge in [0, 0.05) is 6.20 Å². The molecule has 2 N–H and O–H groups in total. The molecule has 1 amide bonds. The average Bonchev–Trinajstić information content (AvgIpc) is 2.99. The number of rotatable bonds is 5. The minimum Gasteiger partial charge on any atom is -0.465 e. The zero-order chi connectivity index (χ0) is 17.0. The highest BCUT2D eigenvalue weighted by molar-refractivity contribution is 7.91. The molecule has 0 aliphatic rings. The molecule has 11 heteroatoms. The molecule has 2 heterocycles. The Morgan fingerprint density at radius 2 is 2.13 bits per heavy atom. The number of methoxy groups -OCH3 is 1. The topological polar surface area (TPSA) is 140 Å². The second kappa shape index (κ2) is 6.44. The van der Waals surface area contributed by atoms with E-state index < -0.39 is 32.8 Å². The third kappa shape index (κ3) is 3.45. The molecule has 10 nitrogen and oxygen atoms in total. The fraction of sp³-hybridized carbons (Fsp3) is 0.167. The third-order valence-electron chi connectivity index (χ3n) is 2.70. The molecule has 122 valence electrons. The number of carboxylic acid groups (broad SMARTS) is 1. The number of aromatic nitrogens is 3. The molecule has 0 aliphatic heterocycles. The van der Waals surface area contributed by atoms with E-state index in [2.05, 4.69) is 14.8 Å². The van der Waals surface area contributed by atoms with Crippen molar-refractivity contribution in [3.8, 4) is 5.82 Å². The number of nitrogens with zero attached hydrogens (tertiary/aromatic N) is 3. The molecule has 0 radical (unpaired) electrons. The molecule has 23 heavy (non-hydrogen) atoms. The summed E-state index contributed by atoms with van der Waals surface area (Å²) in [7, 11) is -3.12. The van der Waals surface area contributed by atoms with Gasteiger partial charge in [-0.05, 0) is 12.1 Å². The van der Waals surface area contributed by atoms with Crippen molar-refractivity contribution in [3.63, 3.8) is 0 Å². The van der Waals surface area contributed by atoms with Crippen LogP contribution >= 0.6 is 0 Å². The summed E-state index contributed by atoms with van der Waals surface area (Å²) >= 11 is 0. The summed E-state index contributed by atoms with van der Waals surface area (Å²) in [5.41, 5.74) is -0.314. The van der Waals surface area contributed by atoms with Crippen LogP contribution in [0.15, 0.2) is 35.6 Å². The van der Waals surface area contributed by atoms with Crippen LogP contribution in [0.25, 0.3) is 5.82 Å². The second-order valence-corrected chi connectivity index (χ2v) is 6.10. The van der Waals surface area contributed by atoms with Crippen molar-refractivity contribution in [2.75, 3.05) is 13.0 Å². The van der Waals surface area contributed by atoms with Gasteiger partial charge in [-0.2, -0.15) is 5.10 Å². The molecule has 0 fully saturated rings. The second-order valence-electron chi connectivity index (χ2n) is 4.20. The van der Waals surface area contributed by atoms with Gasteiger partial charge in [-0.3, -0.25) is 0 Å². The molecule has 2 aromatic rings. The van der Waals surface area contributed by atoms with Gasteiger partial charge in [-0.1, -0.05) is 6.07 Å². The number of ether oxygens (including phenoxy) is 1. The number of carbonyl (C=O) groups excluding carboxylic acids is 1. The maximum absolute atomic E-state index is 12.4. The molecule has 0 saturated heterocycles. The monoisotopic (exact) mass is 340 g/mol. The maximum atomic E-state index is 12.4. The largest absolute Gasteiger partial charge is 0.465 e. The van der Waals surface area contributed by atoms with Crippen LogP contribution in [0, 0.1) is 0 Å². The molecule has 0 aliphatic carbocycles. The van der Waals surface area contributed by atoms with Crippen molar-refractivity contribution in [1.82, 2.24) is 20.1 Å². The summed E-state index contributed by atoms with van der Waals surface area (Å²) in [6, 6.07) is 4.71. The van der Waals surface area contributed by atoms with E-state index in [0.29, 0.717) is 0 Å². The van der Waals surface area contributed by atoms with E-state index in [1.807, 2.05) is 0 Å². The third-order valence-corrected chi connectivity index (χ3v) is 4.21. The summed E-state index contributed by atoms with van der Waals surface area (Å²) in [6.45, 7) is 0. The Morgan fingerprint density at radius 3 is 2.70 bits per heavy atom. The summed E-state index contributed by atoms with van der Waals surface area (Å²) in [4.78, 5) is 26.3. The van der Waals surface area contributed by atoms with Crippen LogP contribution in [0.1, 0.15) is 10.4 Å². The Hall–Kier alpha value is -2.95. The van der Waals surface area contributed by atoms with Crippen molar-refractivity contribution >= 4 is 21.9 Å². The van der Waals surface area contributed by atoms with Gasteiger partial charge in [-0.15, -0.1) is 0 Å².